The molecule has 0 aliphatic rings. The van der Waals surface area contributed by atoms with Crippen LogP contribution in [0.3, 0.4) is 0 Å². The van der Waals surface area contributed by atoms with Gasteiger partial charge in [-0.15, -0.1) is 0 Å². The normalized spacial score (nSPS) is 11.1. The van der Waals surface area contributed by atoms with E-state index in [4.69, 9.17) is 0 Å². The van der Waals surface area contributed by atoms with Crippen LogP contribution in [-0.4, -0.2) is 15.8 Å². The maximum atomic E-state index is 4.55. The molecule has 0 aliphatic heterocycles. The van der Waals surface area contributed by atoms with Gasteiger partial charge in [-0.2, -0.15) is 5.10 Å². The highest BCUT2D eigenvalue weighted by Crippen LogP contribution is 2.16. The largest absolute Gasteiger partial charge is 0.309 e. The summed E-state index contributed by atoms with van der Waals surface area (Å²) in [6, 6.07) is 10.8. The van der Waals surface area contributed by atoms with Crippen molar-refractivity contribution in [1.82, 2.24) is 15.1 Å². The number of hydrogen-bond acceptors (Lipinski definition) is 2. The van der Waals surface area contributed by atoms with Gasteiger partial charge in [0.05, 0.1) is 12.2 Å². The van der Waals surface area contributed by atoms with Gasteiger partial charge in [0.1, 0.15) is 0 Å². The van der Waals surface area contributed by atoms with Gasteiger partial charge in [-0.1, -0.05) is 48.0 Å². The van der Waals surface area contributed by atoms with Crippen molar-refractivity contribution in [2.75, 3.05) is 0 Å². The molecule has 1 N–H and O–H groups in total. The van der Waals surface area contributed by atoms with Gasteiger partial charge in [0, 0.05) is 23.3 Å². The lowest BCUT2D eigenvalue weighted by Crippen LogP contribution is -2.22. The summed E-state index contributed by atoms with van der Waals surface area (Å²) in [6.07, 6.45) is 2.02. The first-order valence-electron chi connectivity index (χ1n) is 6.14. The van der Waals surface area contributed by atoms with E-state index in [1.165, 1.54) is 5.56 Å². The first-order chi connectivity index (χ1) is 8.65. The van der Waals surface area contributed by atoms with Crippen LogP contribution in [-0.2, 0) is 13.1 Å². The highest BCUT2D eigenvalue weighted by molar-refractivity contribution is 9.10. The number of halogens is 1. The van der Waals surface area contributed by atoms with E-state index in [0.29, 0.717) is 6.04 Å². The molecule has 2 rings (SSSR count). The van der Waals surface area contributed by atoms with Crippen molar-refractivity contribution in [2.45, 2.75) is 33.0 Å². The Morgan fingerprint density at radius 2 is 2.06 bits per heavy atom. The minimum Gasteiger partial charge on any atom is -0.309 e. The molecule has 0 saturated heterocycles. The summed E-state index contributed by atoms with van der Waals surface area (Å²) in [5.41, 5.74) is 2.32. The number of rotatable bonds is 5. The molecule has 1 aromatic heterocycles. The molecule has 0 bridgehead atoms. The van der Waals surface area contributed by atoms with Crippen molar-refractivity contribution in [3.63, 3.8) is 0 Å². The lowest BCUT2D eigenvalue weighted by atomic mass is 10.2. The summed E-state index contributed by atoms with van der Waals surface area (Å²) >= 11 is 3.56. The van der Waals surface area contributed by atoms with Gasteiger partial charge in [0.2, 0.25) is 0 Å². The third-order valence-electron chi connectivity index (χ3n) is 2.68. The average Bonchev–Trinajstić information content (AvgIpc) is 2.77. The van der Waals surface area contributed by atoms with Crippen LogP contribution in [0, 0.1) is 0 Å². The van der Waals surface area contributed by atoms with Crippen LogP contribution < -0.4 is 5.32 Å². The van der Waals surface area contributed by atoms with E-state index in [0.717, 1.165) is 23.3 Å². The van der Waals surface area contributed by atoms with E-state index in [1.807, 2.05) is 23.0 Å². The smallest absolute Gasteiger partial charge is 0.0762 e. The van der Waals surface area contributed by atoms with Gasteiger partial charge in [0.15, 0.2) is 0 Å². The third kappa shape index (κ3) is 3.68. The number of benzene rings is 1. The van der Waals surface area contributed by atoms with Crippen molar-refractivity contribution in [3.8, 4) is 0 Å². The molecule has 0 spiro atoms. The Balaban J connectivity index is 2.00. The van der Waals surface area contributed by atoms with Gasteiger partial charge in [-0.25, -0.2) is 0 Å². The maximum absolute atomic E-state index is 4.55. The maximum Gasteiger partial charge on any atom is 0.0762 e. The first kappa shape index (κ1) is 13.3. The van der Waals surface area contributed by atoms with Crippen LogP contribution in [0.15, 0.2) is 41.0 Å². The Labute approximate surface area is 116 Å². The number of aromatic nitrogens is 2. The Morgan fingerprint density at radius 3 is 2.78 bits per heavy atom. The lowest BCUT2D eigenvalue weighted by molar-refractivity contribution is 0.570. The molecule has 0 aliphatic carbocycles. The molecule has 0 unspecified atom stereocenters. The highest BCUT2D eigenvalue weighted by atomic mass is 79.9. The molecule has 0 saturated carbocycles. The highest BCUT2D eigenvalue weighted by Gasteiger charge is 2.03. The van der Waals surface area contributed by atoms with Crippen molar-refractivity contribution in [3.05, 3.63) is 52.3 Å². The second kappa shape index (κ2) is 6.16. The molecule has 96 valence electrons. The van der Waals surface area contributed by atoms with Crippen molar-refractivity contribution in [1.29, 1.82) is 0 Å². The molecule has 18 heavy (non-hydrogen) atoms. The van der Waals surface area contributed by atoms with Crippen LogP contribution in [0.2, 0.25) is 0 Å². The Morgan fingerprint density at radius 1 is 1.28 bits per heavy atom. The topological polar surface area (TPSA) is 29.9 Å². The van der Waals surface area contributed by atoms with Crippen molar-refractivity contribution >= 4 is 15.9 Å². The Kier molecular flexibility index (Phi) is 4.55. The number of hydrogen-bond donors (Lipinski definition) is 1. The summed E-state index contributed by atoms with van der Waals surface area (Å²) < 4.78 is 3.10. The second-order valence-corrected chi connectivity index (χ2v) is 5.49. The van der Waals surface area contributed by atoms with Gasteiger partial charge in [-0.3, -0.25) is 4.68 Å². The zero-order valence-corrected chi connectivity index (χ0v) is 12.3. The van der Waals surface area contributed by atoms with Crippen LogP contribution in [0.1, 0.15) is 25.1 Å². The van der Waals surface area contributed by atoms with Crippen LogP contribution in [0.25, 0.3) is 0 Å². The fourth-order valence-corrected chi connectivity index (χ4v) is 2.11. The van der Waals surface area contributed by atoms with E-state index < -0.39 is 0 Å². The molecule has 2 aromatic rings. The van der Waals surface area contributed by atoms with Gasteiger partial charge >= 0.3 is 0 Å². The molecular weight excluding hydrogens is 290 g/mol. The minimum atomic E-state index is 0.485. The quantitative estimate of drug-likeness (QED) is 0.919. The third-order valence-corrected chi connectivity index (χ3v) is 3.45. The minimum absolute atomic E-state index is 0.485. The first-order valence-corrected chi connectivity index (χ1v) is 6.93. The second-order valence-electron chi connectivity index (χ2n) is 4.63. The summed E-state index contributed by atoms with van der Waals surface area (Å²) in [5, 5.41) is 7.92. The number of nitrogens with one attached hydrogen (secondary N) is 1. The summed E-state index contributed by atoms with van der Waals surface area (Å²) in [7, 11) is 0. The van der Waals surface area contributed by atoms with E-state index in [2.05, 4.69) is 58.4 Å². The summed E-state index contributed by atoms with van der Waals surface area (Å²) in [4.78, 5) is 0. The lowest BCUT2D eigenvalue weighted by Gasteiger charge is -2.06. The zero-order valence-electron chi connectivity index (χ0n) is 10.7. The monoisotopic (exact) mass is 307 g/mol. The van der Waals surface area contributed by atoms with Crippen molar-refractivity contribution < 1.29 is 0 Å². The molecule has 0 amide bonds. The van der Waals surface area contributed by atoms with Crippen LogP contribution >= 0.6 is 15.9 Å². The predicted octanol–water partition coefficient (Wildman–Crippen LogP) is 3.19. The molecule has 0 fully saturated rings. The summed E-state index contributed by atoms with van der Waals surface area (Å²) in [5.74, 6) is 0. The van der Waals surface area contributed by atoms with Crippen molar-refractivity contribution in [2.24, 2.45) is 0 Å². The molecular formula is C14H18BrN3. The molecule has 0 atom stereocenters. The molecule has 0 radical (unpaired) electrons. The van der Waals surface area contributed by atoms with Crippen LogP contribution in [0.4, 0.5) is 0 Å². The Bertz CT molecular complexity index is 505. The number of nitrogens with zero attached hydrogens (tertiary/aromatic N) is 2. The molecule has 1 aromatic carbocycles. The fourth-order valence-electron chi connectivity index (χ4n) is 1.70. The van der Waals surface area contributed by atoms with Gasteiger partial charge < -0.3 is 5.32 Å². The molecule has 4 heteroatoms. The van der Waals surface area contributed by atoms with E-state index in [1.54, 1.807) is 0 Å². The standard InChI is InChI=1S/C14H18BrN3/c1-11(2)16-9-13-7-8-18(17-13)10-12-5-3-4-6-14(12)15/h3-8,11,16H,9-10H2,1-2H3. The van der Waals surface area contributed by atoms with E-state index in [9.17, 15) is 0 Å². The molecule has 1 heterocycles. The summed E-state index contributed by atoms with van der Waals surface area (Å²) in [6.45, 7) is 5.89. The van der Waals surface area contributed by atoms with Gasteiger partial charge in [-0.05, 0) is 17.7 Å². The van der Waals surface area contributed by atoms with Crippen LogP contribution in [0.5, 0.6) is 0 Å². The molecule has 3 nitrogen and oxygen atoms in total. The Hall–Kier alpha value is -1.13. The van der Waals surface area contributed by atoms with Gasteiger partial charge in [0.25, 0.3) is 0 Å². The van der Waals surface area contributed by atoms with E-state index >= 15 is 0 Å². The zero-order chi connectivity index (χ0) is 13.0. The SMILES string of the molecule is CC(C)NCc1ccn(Cc2ccccc2Br)n1. The predicted molar refractivity (Wildman–Crippen MR) is 77.4 cm³/mol. The van der Waals surface area contributed by atoms with E-state index in [-0.39, 0.29) is 0 Å². The average molecular weight is 308 g/mol. The fraction of sp³-hybridized carbons (Fsp3) is 0.357.